The Kier molecular flexibility index (Phi) is 6.50. The number of nitrogens with zero attached hydrogens (tertiary/aromatic N) is 3. The minimum atomic E-state index is -2.31. The van der Waals surface area contributed by atoms with Gasteiger partial charge in [-0.3, -0.25) is 9.00 Å². The van der Waals surface area contributed by atoms with Crippen LogP contribution in [0.1, 0.15) is 52.4 Å². The topological polar surface area (TPSA) is 95.3 Å². The van der Waals surface area contributed by atoms with Crippen molar-refractivity contribution in [3.05, 3.63) is 77.0 Å². The SMILES string of the molecule is C[SH](C)(=O)c1ccc(CNC(=O)c2ccc3c(n2)OCCCN3c2cc(C3CC3)ccc2C#N)cc1. The summed E-state index contributed by atoms with van der Waals surface area (Å²) in [7, 11) is -2.31. The summed E-state index contributed by atoms with van der Waals surface area (Å²) in [6, 6.07) is 19.4. The van der Waals surface area contributed by atoms with Gasteiger partial charge in [-0.05, 0) is 85.2 Å². The number of thiol groups is 1. The van der Waals surface area contributed by atoms with Crippen molar-refractivity contribution in [2.24, 2.45) is 0 Å². The minimum absolute atomic E-state index is 0.270. The van der Waals surface area contributed by atoms with E-state index in [2.05, 4.69) is 33.4 Å². The van der Waals surface area contributed by atoms with Gasteiger partial charge in [0.2, 0.25) is 5.88 Å². The molecule has 5 rings (SSSR count). The van der Waals surface area contributed by atoms with Crippen LogP contribution in [0.4, 0.5) is 11.4 Å². The number of aromatic nitrogens is 1. The van der Waals surface area contributed by atoms with Gasteiger partial charge in [0.25, 0.3) is 5.91 Å². The van der Waals surface area contributed by atoms with E-state index in [1.165, 1.54) is 18.4 Å². The molecule has 7 nitrogen and oxygen atoms in total. The molecule has 1 amide bonds. The van der Waals surface area contributed by atoms with Gasteiger partial charge in [-0.1, -0.05) is 28.1 Å². The second kappa shape index (κ2) is 9.75. The maximum atomic E-state index is 12.9. The van der Waals surface area contributed by atoms with Gasteiger partial charge in [0, 0.05) is 18.0 Å². The first-order valence-corrected chi connectivity index (χ1v) is 14.8. The van der Waals surface area contributed by atoms with Crippen LogP contribution in [0.5, 0.6) is 5.88 Å². The molecule has 0 atom stereocenters. The Labute approximate surface area is 212 Å². The van der Waals surface area contributed by atoms with Gasteiger partial charge in [0.1, 0.15) is 17.5 Å². The van der Waals surface area contributed by atoms with Crippen molar-refractivity contribution in [2.75, 3.05) is 30.6 Å². The summed E-state index contributed by atoms with van der Waals surface area (Å²) in [5.41, 5.74) is 4.67. The summed E-state index contributed by atoms with van der Waals surface area (Å²) in [6.45, 7) is 1.51. The fraction of sp³-hybridized carbons (Fsp3) is 0.321. The molecule has 186 valence electrons. The van der Waals surface area contributed by atoms with Crippen LogP contribution in [-0.2, 0) is 16.5 Å². The molecule has 1 aromatic heterocycles. The molecule has 0 bridgehead atoms. The number of carbonyl (C=O) groups excluding carboxylic acids is 1. The lowest BCUT2D eigenvalue weighted by molar-refractivity contribution is 0.0945. The van der Waals surface area contributed by atoms with Crippen LogP contribution < -0.4 is 15.0 Å². The Bertz CT molecular complexity index is 1390. The fourth-order valence-corrected chi connectivity index (χ4v) is 5.28. The second-order valence-corrected chi connectivity index (χ2v) is 13.0. The van der Waals surface area contributed by atoms with Crippen LogP contribution in [0.15, 0.2) is 59.5 Å². The number of amides is 1. The van der Waals surface area contributed by atoms with Crippen molar-refractivity contribution >= 4 is 27.2 Å². The average molecular weight is 503 g/mol. The molecule has 2 aliphatic rings. The van der Waals surface area contributed by atoms with E-state index >= 15 is 0 Å². The minimum Gasteiger partial charge on any atom is -0.476 e. The number of hydrogen-bond donors (Lipinski definition) is 2. The predicted molar refractivity (Wildman–Crippen MR) is 142 cm³/mol. The molecule has 0 radical (unpaired) electrons. The highest BCUT2D eigenvalue weighted by molar-refractivity contribution is 8.01. The van der Waals surface area contributed by atoms with Crippen LogP contribution in [0, 0.1) is 11.3 Å². The number of nitriles is 1. The van der Waals surface area contributed by atoms with E-state index in [0.717, 1.165) is 28.3 Å². The molecular formula is C28H30N4O3S. The Hall–Kier alpha value is -3.70. The van der Waals surface area contributed by atoms with Gasteiger partial charge in [-0.15, -0.1) is 0 Å². The Morgan fingerprint density at radius 3 is 2.61 bits per heavy atom. The van der Waals surface area contributed by atoms with Gasteiger partial charge >= 0.3 is 0 Å². The standard InChI is InChI=1S/C28H30N4O3S/c1-36(2,34)23-10-4-19(5-11-23)18-30-27(33)24-12-13-25-28(31-24)35-15-3-14-32(25)26-16-21(20-6-7-20)8-9-22(26)17-29/h4-5,8-13,16,20,36H,3,6-7,14-15,18H2,1-2H3,(H,30,33). The summed E-state index contributed by atoms with van der Waals surface area (Å²) >= 11 is 0. The number of pyridine rings is 1. The normalized spacial score (nSPS) is 15.8. The summed E-state index contributed by atoms with van der Waals surface area (Å²) in [4.78, 5) is 20.3. The Morgan fingerprint density at radius 2 is 1.92 bits per heavy atom. The highest BCUT2D eigenvalue weighted by atomic mass is 32.2. The molecule has 1 aliphatic heterocycles. The molecule has 3 aromatic rings. The van der Waals surface area contributed by atoms with Crippen molar-refractivity contribution in [1.82, 2.24) is 10.3 Å². The number of nitrogens with one attached hydrogen (secondary N) is 1. The quantitative estimate of drug-likeness (QED) is 0.488. The number of carbonyl (C=O) groups is 1. The third-order valence-electron chi connectivity index (χ3n) is 6.62. The van der Waals surface area contributed by atoms with E-state index in [-0.39, 0.29) is 11.6 Å². The summed E-state index contributed by atoms with van der Waals surface area (Å²) < 4.78 is 18.1. The molecule has 1 N–H and O–H groups in total. The highest BCUT2D eigenvalue weighted by Gasteiger charge is 2.27. The third-order valence-corrected chi connectivity index (χ3v) is 8.16. The number of ether oxygens (including phenoxy) is 1. The number of rotatable bonds is 6. The third kappa shape index (κ3) is 5.12. The average Bonchev–Trinajstić information content (AvgIpc) is 3.73. The lowest BCUT2D eigenvalue weighted by atomic mass is 10.0. The molecular weight excluding hydrogens is 472 g/mol. The van der Waals surface area contributed by atoms with Crippen molar-refractivity contribution in [2.45, 2.75) is 36.6 Å². The molecule has 0 spiro atoms. The first kappa shape index (κ1) is 24.0. The maximum Gasteiger partial charge on any atom is 0.270 e. The van der Waals surface area contributed by atoms with E-state index in [1.54, 1.807) is 18.6 Å². The van der Waals surface area contributed by atoms with E-state index in [0.29, 0.717) is 37.1 Å². The molecule has 8 heteroatoms. The summed E-state index contributed by atoms with van der Waals surface area (Å²) in [6.07, 6.45) is 6.62. The molecule has 1 aliphatic carbocycles. The van der Waals surface area contributed by atoms with Gasteiger partial charge in [-0.2, -0.15) is 5.26 Å². The molecule has 0 unspecified atom stereocenters. The lowest BCUT2D eigenvalue weighted by Crippen LogP contribution is -2.24. The zero-order valence-corrected chi connectivity index (χ0v) is 21.4. The van der Waals surface area contributed by atoms with E-state index < -0.39 is 9.93 Å². The lowest BCUT2D eigenvalue weighted by Gasteiger charge is -2.25. The van der Waals surface area contributed by atoms with Crippen molar-refractivity contribution in [3.63, 3.8) is 0 Å². The fourth-order valence-electron chi connectivity index (χ4n) is 4.42. The van der Waals surface area contributed by atoms with Crippen molar-refractivity contribution < 1.29 is 13.7 Å². The molecule has 0 saturated heterocycles. The van der Waals surface area contributed by atoms with Gasteiger partial charge in [-0.25, -0.2) is 4.98 Å². The first-order valence-electron chi connectivity index (χ1n) is 12.2. The van der Waals surface area contributed by atoms with Crippen molar-refractivity contribution in [1.29, 1.82) is 5.26 Å². The summed E-state index contributed by atoms with van der Waals surface area (Å²) in [5.74, 6) is 0.672. The van der Waals surface area contributed by atoms with Gasteiger partial charge < -0.3 is 15.0 Å². The second-order valence-electron chi connectivity index (χ2n) is 9.74. The Balaban J connectivity index is 1.36. The zero-order valence-electron chi connectivity index (χ0n) is 20.5. The van der Waals surface area contributed by atoms with Crippen LogP contribution in [-0.4, -0.2) is 40.8 Å². The molecule has 36 heavy (non-hydrogen) atoms. The molecule has 2 aromatic carbocycles. The first-order chi connectivity index (χ1) is 17.3. The van der Waals surface area contributed by atoms with Gasteiger partial charge in [0.15, 0.2) is 0 Å². The maximum absolute atomic E-state index is 12.9. The number of anilines is 2. The molecule has 1 fully saturated rings. The zero-order chi connectivity index (χ0) is 25.3. The highest BCUT2D eigenvalue weighted by Crippen LogP contribution is 2.43. The smallest absolute Gasteiger partial charge is 0.270 e. The Morgan fingerprint density at radius 1 is 1.14 bits per heavy atom. The van der Waals surface area contributed by atoms with Crippen molar-refractivity contribution in [3.8, 4) is 11.9 Å². The number of fused-ring (bicyclic) bond motifs is 1. The molecule has 1 saturated carbocycles. The largest absolute Gasteiger partial charge is 0.476 e. The monoisotopic (exact) mass is 502 g/mol. The molecule has 2 heterocycles. The van der Waals surface area contributed by atoms with E-state index in [1.807, 2.05) is 36.4 Å². The van der Waals surface area contributed by atoms with Crippen LogP contribution in [0.2, 0.25) is 0 Å². The van der Waals surface area contributed by atoms with E-state index in [9.17, 15) is 14.3 Å². The van der Waals surface area contributed by atoms with Crippen LogP contribution >= 0.6 is 0 Å². The van der Waals surface area contributed by atoms with E-state index in [4.69, 9.17) is 4.74 Å². The predicted octanol–water partition coefficient (Wildman–Crippen LogP) is 4.32. The summed E-state index contributed by atoms with van der Waals surface area (Å²) in [5, 5.41) is 12.6. The van der Waals surface area contributed by atoms with Crippen LogP contribution in [0.3, 0.4) is 0 Å². The number of benzene rings is 2. The number of hydrogen-bond acceptors (Lipinski definition) is 6. The van der Waals surface area contributed by atoms with Gasteiger partial charge in [0.05, 0.1) is 17.9 Å². The van der Waals surface area contributed by atoms with Crippen LogP contribution in [0.25, 0.3) is 0 Å².